The van der Waals surface area contributed by atoms with E-state index < -0.39 is 0 Å². The van der Waals surface area contributed by atoms with E-state index in [9.17, 15) is 4.79 Å². The van der Waals surface area contributed by atoms with Gasteiger partial charge in [0.15, 0.2) is 0 Å². The summed E-state index contributed by atoms with van der Waals surface area (Å²) >= 11 is 0. The maximum atomic E-state index is 12.1. The van der Waals surface area contributed by atoms with Gasteiger partial charge in [0.25, 0.3) is 5.91 Å². The highest BCUT2D eigenvalue weighted by atomic mass is 16.4. The van der Waals surface area contributed by atoms with Crippen LogP contribution in [0.2, 0.25) is 0 Å². The highest BCUT2D eigenvalue weighted by Crippen LogP contribution is 2.18. The third-order valence-corrected chi connectivity index (χ3v) is 2.94. The lowest BCUT2D eigenvalue weighted by Gasteiger charge is -2.12. The van der Waals surface area contributed by atoms with E-state index in [1.807, 2.05) is 11.8 Å². The summed E-state index contributed by atoms with van der Waals surface area (Å²) < 4.78 is 6.96. The predicted molar refractivity (Wildman–Crippen MR) is 55.1 cm³/mol. The zero-order valence-electron chi connectivity index (χ0n) is 9.01. The summed E-state index contributed by atoms with van der Waals surface area (Å²) in [4.78, 5) is 17.8. The second-order valence-corrected chi connectivity index (χ2v) is 3.97. The van der Waals surface area contributed by atoms with Gasteiger partial charge in [-0.25, -0.2) is 0 Å². The first-order chi connectivity index (χ1) is 7.77. The van der Waals surface area contributed by atoms with Crippen LogP contribution >= 0.6 is 0 Å². The number of likely N-dealkylation sites (tertiary alicyclic amines) is 1. The zero-order valence-corrected chi connectivity index (χ0v) is 9.01. The molecule has 3 heterocycles. The van der Waals surface area contributed by atoms with E-state index in [2.05, 4.69) is 10.1 Å². The summed E-state index contributed by atoms with van der Waals surface area (Å²) in [5.74, 6) is 0.680. The molecule has 16 heavy (non-hydrogen) atoms. The Morgan fingerprint density at radius 3 is 2.88 bits per heavy atom. The zero-order chi connectivity index (χ0) is 11.1. The van der Waals surface area contributed by atoms with Crippen molar-refractivity contribution in [1.29, 1.82) is 0 Å². The summed E-state index contributed by atoms with van der Waals surface area (Å²) in [5.41, 5.74) is 0.712. The molecule has 0 spiro atoms. The van der Waals surface area contributed by atoms with Crippen molar-refractivity contribution in [1.82, 2.24) is 19.5 Å². The van der Waals surface area contributed by atoms with E-state index in [1.54, 1.807) is 4.52 Å². The van der Waals surface area contributed by atoms with E-state index in [4.69, 9.17) is 4.42 Å². The van der Waals surface area contributed by atoms with Crippen molar-refractivity contribution >= 4 is 11.8 Å². The monoisotopic (exact) mass is 220 g/mol. The third kappa shape index (κ3) is 1.22. The Morgan fingerprint density at radius 2 is 2.19 bits per heavy atom. The van der Waals surface area contributed by atoms with Crippen LogP contribution in [0.5, 0.6) is 0 Å². The lowest BCUT2D eigenvalue weighted by Crippen LogP contribution is -2.27. The molecule has 1 aliphatic heterocycles. The summed E-state index contributed by atoms with van der Waals surface area (Å²) in [6.07, 6.45) is 3.55. The van der Waals surface area contributed by atoms with Crippen LogP contribution < -0.4 is 0 Å². The van der Waals surface area contributed by atoms with Crippen LogP contribution in [0.15, 0.2) is 10.7 Å². The van der Waals surface area contributed by atoms with Gasteiger partial charge in [-0.1, -0.05) is 0 Å². The first-order valence-electron chi connectivity index (χ1n) is 5.36. The second kappa shape index (κ2) is 3.33. The molecule has 2 aromatic rings. The van der Waals surface area contributed by atoms with Gasteiger partial charge in [0, 0.05) is 13.1 Å². The Balaban J connectivity index is 2.01. The Labute approximate surface area is 91.9 Å². The van der Waals surface area contributed by atoms with Gasteiger partial charge in [-0.05, 0) is 19.8 Å². The van der Waals surface area contributed by atoms with E-state index >= 15 is 0 Å². The predicted octanol–water partition coefficient (Wildman–Crippen LogP) is 0.867. The molecule has 0 saturated carbocycles. The van der Waals surface area contributed by atoms with Gasteiger partial charge < -0.3 is 9.32 Å². The first-order valence-corrected chi connectivity index (χ1v) is 5.36. The van der Waals surface area contributed by atoms with E-state index in [0.717, 1.165) is 25.9 Å². The fourth-order valence-corrected chi connectivity index (χ4v) is 2.05. The molecule has 3 rings (SSSR count). The molecule has 0 unspecified atom stereocenters. The Morgan fingerprint density at radius 1 is 1.44 bits per heavy atom. The molecule has 2 aromatic heterocycles. The number of hydrogen-bond donors (Lipinski definition) is 0. The number of hydrogen-bond acceptors (Lipinski definition) is 4. The molecular formula is C10H12N4O2. The molecule has 6 heteroatoms. The fraction of sp³-hybridized carbons (Fsp3) is 0.500. The number of carbonyl (C=O) groups is 1. The van der Waals surface area contributed by atoms with Crippen molar-refractivity contribution in [2.45, 2.75) is 19.8 Å². The number of amides is 1. The number of rotatable bonds is 1. The van der Waals surface area contributed by atoms with Crippen LogP contribution in [0, 0.1) is 6.92 Å². The van der Waals surface area contributed by atoms with E-state index in [0.29, 0.717) is 17.3 Å². The molecule has 0 atom stereocenters. The number of aryl methyl sites for hydroxylation is 1. The number of carbonyl (C=O) groups excluding carboxylic acids is 1. The largest absolute Gasteiger partial charge is 0.416 e. The Hall–Kier alpha value is -1.85. The minimum absolute atomic E-state index is 0.0534. The quantitative estimate of drug-likeness (QED) is 0.715. The molecule has 1 aliphatic rings. The lowest BCUT2D eigenvalue weighted by atomic mass is 10.3. The van der Waals surface area contributed by atoms with Crippen LogP contribution in [-0.2, 0) is 0 Å². The van der Waals surface area contributed by atoms with Crippen molar-refractivity contribution in [3.05, 3.63) is 17.8 Å². The summed E-state index contributed by atoms with van der Waals surface area (Å²) in [7, 11) is 0. The molecule has 0 aromatic carbocycles. The number of aromatic nitrogens is 3. The first kappa shape index (κ1) is 9.38. The molecule has 84 valence electrons. The van der Waals surface area contributed by atoms with Crippen molar-refractivity contribution in [2.24, 2.45) is 0 Å². The summed E-state index contributed by atoms with van der Waals surface area (Å²) in [5, 5.41) is 3.99. The molecule has 1 fully saturated rings. The van der Waals surface area contributed by atoms with Crippen LogP contribution in [0.4, 0.5) is 0 Å². The molecule has 0 bridgehead atoms. The SMILES string of the molecule is Cc1c(C(=O)N2CCCC2)oc2ncnn12. The van der Waals surface area contributed by atoms with E-state index in [1.165, 1.54) is 6.33 Å². The van der Waals surface area contributed by atoms with Crippen LogP contribution in [0.1, 0.15) is 29.1 Å². The summed E-state index contributed by atoms with van der Waals surface area (Å²) in [6.45, 7) is 3.44. The Bertz CT molecular complexity index is 536. The van der Waals surface area contributed by atoms with Crippen LogP contribution in [0.25, 0.3) is 5.84 Å². The van der Waals surface area contributed by atoms with E-state index in [-0.39, 0.29) is 5.91 Å². The minimum atomic E-state index is -0.0534. The molecule has 0 N–H and O–H groups in total. The van der Waals surface area contributed by atoms with Gasteiger partial charge in [-0.15, -0.1) is 0 Å². The second-order valence-electron chi connectivity index (χ2n) is 3.97. The van der Waals surface area contributed by atoms with Gasteiger partial charge >= 0.3 is 5.84 Å². The topological polar surface area (TPSA) is 63.6 Å². The van der Waals surface area contributed by atoms with Gasteiger partial charge in [0.05, 0.1) is 5.69 Å². The number of nitrogens with zero attached hydrogens (tertiary/aromatic N) is 4. The molecule has 0 radical (unpaired) electrons. The highest BCUT2D eigenvalue weighted by Gasteiger charge is 2.26. The standard InChI is InChI=1S/C10H12N4O2/c1-7-8(9(15)13-4-2-3-5-13)16-10-11-6-12-14(7)10/h6H,2-5H2,1H3. The van der Waals surface area contributed by atoms with Crippen LogP contribution in [0.3, 0.4) is 0 Å². The average molecular weight is 220 g/mol. The van der Waals surface area contributed by atoms with Gasteiger partial charge in [0.1, 0.15) is 6.33 Å². The Kier molecular flexibility index (Phi) is 1.95. The molecular weight excluding hydrogens is 208 g/mol. The average Bonchev–Trinajstić information content (AvgIpc) is 2.95. The van der Waals surface area contributed by atoms with Crippen molar-refractivity contribution in [2.75, 3.05) is 13.1 Å². The smallest absolute Gasteiger partial charge is 0.325 e. The maximum absolute atomic E-state index is 12.1. The minimum Gasteiger partial charge on any atom is -0.416 e. The third-order valence-electron chi connectivity index (χ3n) is 2.94. The number of fused-ring (bicyclic) bond motifs is 1. The normalized spacial score (nSPS) is 16.2. The number of oxazole rings is 1. The fourth-order valence-electron chi connectivity index (χ4n) is 2.05. The maximum Gasteiger partial charge on any atom is 0.325 e. The summed E-state index contributed by atoms with van der Waals surface area (Å²) in [6, 6.07) is 0. The highest BCUT2D eigenvalue weighted by molar-refractivity contribution is 5.93. The van der Waals surface area contributed by atoms with Crippen molar-refractivity contribution in [3.63, 3.8) is 0 Å². The van der Waals surface area contributed by atoms with Crippen molar-refractivity contribution < 1.29 is 9.21 Å². The van der Waals surface area contributed by atoms with Crippen LogP contribution in [-0.4, -0.2) is 38.5 Å². The van der Waals surface area contributed by atoms with Gasteiger partial charge in [-0.2, -0.15) is 14.6 Å². The molecule has 6 nitrogen and oxygen atoms in total. The molecule has 1 amide bonds. The van der Waals surface area contributed by atoms with Gasteiger partial charge in [0.2, 0.25) is 5.76 Å². The van der Waals surface area contributed by atoms with Crippen molar-refractivity contribution in [3.8, 4) is 0 Å². The van der Waals surface area contributed by atoms with Gasteiger partial charge in [-0.3, -0.25) is 4.79 Å². The molecule has 1 saturated heterocycles. The lowest BCUT2D eigenvalue weighted by molar-refractivity contribution is 0.0762. The molecule has 0 aliphatic carbocycles.